The second kappa shape index (κ2) is 5.48. The minimum Gasteiger partial charge on any atom is -0.481 e. The summed E-state index contributed by atoms with van der Waals surface area (Å²) in [5.41, 5.74) is 5.14. The maximum absolute atomic E-state index is 12.3. The molecule has 6 nitrogen and oxygen atoms in total. The number of nitrogens with two attached hydrogens (primary N) is 1. The Morgan fingerprint density at radius 2 is 1.86 bits per heavy atom. The van der Waals surface area contributed by atoms with E-state index in [0.29, 0.717) is 18.4 Å². The van der Waals surface area contributed by atoms with E-state index in [-0.39, 0.29) is 23.5 Å². The molecule has 1 aromatic rings. The fraction of sp³-hybridized carbons (Fsp3) is 0.429. The third kappa shape index (κ3) is 4.04. The zero-order valence-corrected chi connectivity index (χ0v) is 12.2. The van der Waals surface area contributed by atoms with Crippen LogP contribution in [0.3, 0.4) is 0 Å². The van der Waals surface area contributed by atoms with E-state index >= 15 is 0 Å². The number of hydrogen-bond acceptors (Lipinski definition) is 4. The Morgan fingerprint density at radius 1 is 1.24 bits per heavy atom. The van der Waals surface area contributed by atoms with Gasteiger partial charge in [-0.3, -0.25) is 9.59 Å². The molecular weight excluding hydrogens is 294 g/mol. The zero-order chi connectivity index (χ0) is 15.7. The Labute approximate surface area is 122 Å². The third-order valence-electron chi connectivity index (χ3n) is 3.67. The molecule has 0 radical (unpaired) electrons. The Kier molecular flexibility index (Phi) is 4.04. The van der Waals surface area contributed by atoms with Crippen LogP contribution < -0.4 is 5.73 Å². The number of aliphatic carboxylic acids is 1. The Bertz CT molecular complexity index is 676. The summed E-state index contributed by atoms with van der Waals surface area (Å²) in [6.45, 7) is 0. The van der Waals surface area contributed by atoms with Gasteiger partial charge in [0.1, 0.15) is 0 Å². The van der Waals surface area contributed by atoms with Crippen LogP contribution in [-0.4, -0.2) is 31.2 Å². The van der Waals surface area contributed by atoms with Crippen LogP contribution in [0.1, 0.15) is 35.2 Å². The molecule has 0 aromatic heterocycles. The molecular formula is C14H17NO5S. The number of carbonyl (C=O) groups is 2. The molecule has 1 saturated carbocycles. The number of sulfone groups is 1. The second-order valence-electron chi connectivity index (χ2n) is 5.62. The van der Waals surface area contributed by atoms with Crippen molar-refractivity contribution in [1.29, 1.82) is 0 Å². The molecule has 1 aromatic carbocycles. The van der Waals surface area contributed by atoms with E-state index in [9.17, 15) is 18.0 Å². The highest BCUT2D eigenvalue weighted by atomic mass is 32.2. The molecule has 1 fully saturated rings. The maximum atomic E-state index is 12.3. The first-order chi connectivity index (χ1) is 9.73. The molecule has 114 valence electrons. The highest BCUT2D eigenvalue weighted by Gasteiger charge is 2.47. The number of amides is 1. The van der Waals surface area contributed by atoms with E-state index in [1.54, 1.807) is 18.2 Å². The molecule has 1 aliphatic rings. The van der Waals surface area contributed by atoms with Crippen LogP contribution in [0, 0.1) is 5.41 Å². The largest absolute Gasteiger partial charge is 0.481 e. The van der Waals surface area contributed by atoms with Gasteiger partial charge in [-0.2, -0.15) is 0 Å². The van der Waals surface area contributed by atoms with Crippen molar-refractivity contribution in [3.8, 4) is 0 Å². The van der Waals surface area contributed by atoms with Gasteiger partial charge in [-0.05, 0) is 29.9 Å². The number of hydrogen-bond donors (Lipinski definition) is 2. The third-order valence-corrected chi connectivity index (χ3v) is 5.47. The number of carbonyl (C=O) groups excluding carboxylic acids is 1. The zero-order valence-electron chi connectivity index (χ0n) is 11.4. The highest BCUT2D eigenvalue weighted by molar-refractivity contribution is 7.90. The number of carboxylic acid groups (broad SMARTS) is 1. The molecule has 1 aliphatic carbocycles. The first-order valence-electron chi connectivity index (χ1n) is 6.53. The van der Waals surface area contributed by atoms with Crippen molar-refractivity contribution in [2.45, 2.75) is 25.0 Å². The maximum Gasteiger partial charge on any atom is 0.303 e. The van der Waals surface area contributed by atoms with Gasteiger partial charge in [-0.1, -0.05) is 18.2 Å². The van der Waals surface area contributed by atoms with Crippen molar-refractivity contribution in [2.24, 2.45) is 11.1 Å². The molecule has 0 bridgehead atoms. The topological polar surface area (TPSA) is 115 Å². The van der Waals surface area contributed by atoms with Gasteiger partial charge in [-0.25, -0.2) is 8.42 Å². The van der Waals surface area contributed by atoms with Crippen molar-refractivity contribution < 1.29 is 23.1 Å². The average Bonchev–Trinajstić information content (AvgIpc) is 3.05. The minimum absolute atomic E-state index is 0.135. The molecule has 1 amide bonds. The fourth-order valence-corrected chi connectivity index (χ4v) is 4.66. The van der Waals surface area contributed by atoms with Crippen molar-refractivity contribution >= 4 is 21.7 Å². The van der Waals surface area contributed by atoms with Crippen LogP contribution in [-0.2, 0) is 20.4 Å². The van der Waals surface area contributed by atoms with E-state index in [4.69, 9.17) is 10.8 Å². The Balaban J connectivity index is 2.16. The van der Waals surface area contributed by atoms with Crippen LogP contribution in [0.15, 0.2) is 24.3 Å². The quantitative estimate of drug-likeness (QED) is 0.778. The van der Waals surface area contributed by atoms with Gasteiger partial charge in [0.25, 0.3) is 0 Å². The lowest BCUT2D eigenvalue weighted by Gasteiger charge is -2.14. The summed E-state index contributed by atoms with van der Waals surface area (Å²) in [5.74, 6) is -2.12. The first kappa shape index (κ1) is 15.5. The van der Waals surface area contributed by atoms with Crippen molar-refractivity contribution in [3.05, 3.63) is 35.4 Å². The van der Waals surface area contributed by atoms with Crippen LogP contribution in [0.25, 0.3) is 0 Å². The van der Waals surface area contributed by atoms with E-state index < -0.39 is 27.1 Å². The second-order valence-corrected chi connectivity index (χ2v) is 7.69. The summed E-state index contributed by atoms with van der Waals surface area (Å²) in [5, 5.41) is 8.84. The summed E-state index contributed by atoms with van der Waals surface area (Å²) in [7, 11) is -3.50. The highest BCUT2D eigenvalue weighted by Crippen LogP contribution is 2.50. The summed E-state index contributed by atoms with van der Waals surface area (Å²) in [6, 6.07) is 6.29. The first-order valence-corrected chi connectivity index (χ1v) is 8.35. The standard InChI is InChI=1S/C14H17NO5S/c15-13(18)11-4-2-1-3-10(11)8-21(19,20)9-14(5-6-14)7-12(16)17/h1-4H,5-9H2,(H2,15,18)(H,16,17). The van der Waals surface area contributed by atoms with Gasteiger partial charge < -0.3 is 10.8 Å². The minimum atomic E-state index is -3.50. The van der Waals surface area contributed by atoms with Crippen molar-refractivity contribution in [1.82, 2.24) is 0 Å². The molecule has 0 saturated heterocycles. The van der Waals surface area contributed by atoms with E-state index in [1.165, 1.54) is 6.07 Å². The predicted molar refractivity (Wildman–Crippen MR) is 76.4 cm³/mol. The van der Waals surface area contributed by atoms with E-state index in [2.05, 4.69) is 0 Å². The number of rotatable bonds is 7. The summed E-state index contributed by atoms with van der Waals surface area (Å²) >= 11 is 0. The molecule has 0 aliphatic heterocycles. The molecule has 7 heteroatoms. The normalized spacial score (nSPS) is 16.4. The smallest absolute Gasteiger partial charge is 0.303 e. The predicted octanol–water partition coefficient (Wildman–Crippen LogP) is 0.955. The van der Waals surface area contributed by atoms with Gasteiger partial charge >= 0.3 is 5.97 Å². The molecule has 0 heterocycles. The number of primary amides is 1. The van der Waals surface area contributed by atoms with Crippen LogP contribution in [0.4, 0.5) is 0 Å². The van der Waals surface area contributed by atoms with Crippen LogP contribution in [0.2, 0.25) is 0 Å². The summed E-state index contributed by atoms with van der Waals surface area (Å²) < 4.78 is 24.5. The molecule has 2 rings (SSSR count). The van der Waals surface area contributed by atoms with Gasteiger partial charge in [0.15, 0.2) is 9.84 Å². The van der Waals surface area contributed by atoms with E-state index in [1.807, 2.05) is 0 Å². The van der Waals surface area contributed by atoms with Crippen molar-refractivity contribution in [3.63, 3.8) is 0 Å². The monoisotopic (exact) mass is 311 g/mol. The van der Waals surface area contributed by atoms with Crippen molar-refractivity contribution in [2.75, 3.05) is 5.75 Å². The van der Waals surface area contributed by atoms with E-state index in [0.717, 1.165) is 0 Å². The Morgan fingerprint density at radius 3 is 2.38 bits per heavy atom. The molecule has 3 N–H and O–H groups in total. The summed E-state index contributed by atoms with van der Waals surface area (Å²) in [6.07, 6.45) is 1.08. The number of carboxylic acids is 1. The van der Waals surface area contributed by atoms with Gasteiger partial charge in [0.05, 0.1) is 17.9 Å². The van der Waals surface area contributed by atoms with Crippen LogP contribution in [0.5, 0.6) is 0 Å². The molecule has 21 heavy (non-hydrogen) atoms. The fourth-order valence-electron chi connectivity index (χ4n) is 2.51. The molecule has 0 unspecified atom stereocenters. The number of benzene rings is 1. The lowest BCUT2D eigenvalue weighted by Crippen LogP contribution is -2.23. The van der Waals surface area contributed by atoms with Gasteiger partial charge in [-0.15, -0.1) is 0 Å². The molecule has 0 atom stereocenters. The van der Waals surface area contributed by atoms with Gasteiger partial charge in [0.2, 0.25) is 5.91 Å². The lowest BCUT2D eigenvalue weighted by atomic mass is 10.1. The lowest BCUT2D eigenvalue weighted by molar-refractivity contribution is -0.138. The SMILES string of the molecule is NC(=O)c1ccccc1CS(=O)(=O)CC1(CC(=O)O)CC1. The summed E-state index contributed by atoms with van der Waals surface area (Å²) in [4.78, 5) is 22.1. The van der Waals surface area contributed by atoms with Gasteiger partial charge in [0, 0.05) is 5.56 Å². The molecule has 0 spiro atoms. The average molecular weight is 311 g/mol. The Hall–Kier alpha value is -1.89. The van der Waals surface area contributed by atoms with Crippen LogP contribution >= 0.6 is 0 Å².